The summed E-state index contributed by atoms with van der Waals surface area (Å²) in [4.78, 5) is 28.4. The molecule has 0 bridgehead atoms. The molecule has 0 radical (unpaired) electrons. The number of hydrogen-bond acceptors (Lipinski definition) is 5. The van der Waals surface area contributed by atoms with E-state index < -0.39 is 5.25 Å². The Morgan fingerprint density at radius 1 is 1.24 bits per heavy atom. The number of halogens is 1. The highest BCUT2D eigenvalue weighted by Crippen LogP contribution is 2.29. The number of carbonyl (C=O) groups is 2. The van der Waals surface area contributed by atoms with E-state index in [0.29, 0.717) is 32.6 Å². The van der Waals surface area contributed by atoms with Crippen molar-refractivity contribution in [3.05, 3.63) is 53.1 Å². The molecule has 2 aromatic carbocycles. The lowest BCUT2D eigenvalue weighted by Gasteiger charge is -2.12. The van der Waals surface area contributed by atoms with Crippen molar-refractivity contribution < 1.29 is 14.0 Å². The Morgan fingerprint density at radius 3 is 2.76 bits per heavy atom. The summed E-state index contributed by atoms with van der Waals surface area (Å²) in [6, 6.07) is 12.1. The fraction of sp³-hybridized carbons (Fsp3) is 0.167. The molecule has 3 aromatic rings. The standard InChI is InChI=1S/C18H15ClN2O3S/c1-10(22)13-5-3-4-6-14(13)20-17(23)11(2)25-18-21-15-8-7-12(19)9-16(15)24-18/h3-9,11H,1-2H3,(H,20,23)/t11-/m0/s1. The molecule has 0 saturated heterocycles. The molecule has 7 heteroatoms. The van der Waals surface area contributed by atoms with Gasteiger partial charge in [-0.25, -0.2) is 4.98 Å². The van der Waals surface area contributed by atoms with Crippen molar-refractivity contribution in [3.8, 4) is 0 Å². The predicted octanol–water partition coefficient (Wildman–Crippen LogP) is 4.80. The molecular formula is C18H15ClN2O3S. The number of rotatable bonds is 5. The summed E-state index contributed by atoms with van der Waals surface area (Å²) in [6.07, 6.45) is 0. The fourth-order valence-electron chi connectivity index (χ4n) is 2.27. The lowest BCUT2D eigenvalue weighted by molar-refractivity contribution is -0.115. The number of nitrogens with zero attached hydrogens (tertiary/aromatic N) is 1. The van der Waals surface area contributed by atoms with Gasteiger partial charge >= 0.3 is 0 Å². The number of para-hydroxylation sites is 1. The second kappa shape index (κ2) is 7.29. The molecule has 1 N–H and O–H groups in total. The molecule has 0 aliphatic heterocycles. The van der Waals surface area contributed by atoms with Crippen molar-refractivity contribution in [2.24, 2.45) is 0 Å². The monoisotopic (exact) mass is 374 g/mol. The van der Waals surface area contributed by atoms with Crippen LogP contribution in [-0.2, 0) is 4.79 Å². The van der Waals surface area contributed by atoms with E-state index in [9.17, 15) is 9.59 Å². The van der Waals surface area contributed by atoms with Gasteiger partial charge in [-0.1, -0.05) is 35.5 Å². The zero-order valence-corrected chi connectivity index (χ0v) is 15.1. The molecule has 0 fully saturated rings. The Balaban J connectivity index is 1.73. The Bertz CT molecular complexity index is 954. The fourth-order valence-corrected chi connectivity index (χ4v) is 3.19. The third-order valence-corrected chi connectivity index (χ3v) is 4.72. The number of Topliss-reactive ketones (excluding diaryl/α,β-unsaturated/α-hetero) is 1. The van der Waals surface area contributed by atoms with Crippen LogP contribution in [0.5, 0.6) is 0 Å². The highest BCUT2D eigenvalue weighted by molar-refractivity contribution is 8.00. The van der Waals surface area contributed by atoms with Crippen molar-refractivity contribution in [2.45, 2.75) is 24.3 Å². The van der Waals surface area contributed by atoms with Crippen LogP contribution in [0.25, 0.3) is 11.1 Å². The Kier molecular flexibility index (Phi) is 5.11. The molecule has 1 heterocycles. The summed E-state index contributed by atoms with van der Waals surface area (Å²) in [6.45, 7) is 3.21. The molecule has 0 aliphatic rings. The van der Waals surface area contributed by atoms with Crippen molar-refractivity contribution >= 4 is 51.8 Å². The van der Waals surface area contributed by atoms with E-state index in [0.717, 1.165) is 0 Å². The van der Waals surface area contributed by atoms with Crippen LogP contribution in [0.3, 0.4) is 0 Å². The van der Waals surface area contributed by atoms with Crippen LogP contribution in [0, 0.1) is 0 Å². The number of aromatic nitrogens is 1. The van der Waals surface area contributed by atoms with Gasteiger partial charge in [-0.15, -0.1) is 0 Å². The van der Waals surface area contributed by atoms with Gasteiger partial charge in [0.25, 0.3) is 5.22 Å². The molecule has 3 rings (SSSR count). The summed E-state index contributed by atoms with van der Waals surface area (Å²) in [5.41, 5.74) is 2.23. The van der Waals surface area contributed by atoms with Gasteiger partial charge in [-0.2, -0.15) is 0 Å². The van der Waals surface area contributed by atoms with Crippen molar-refractivity contribution in [1.29, 1.82) is 0 Å². The number of nitrogens with one attached hydrogen (secondary N) is 1. The Morgan fingerprint density at radius 2 is 2.00 bits per heavy atom. The number of anilines is 1. The van der Waals surface area contributed by atoms with Crippen LogP contribution < -0.4 is 5.32 Å². The minimum absolute atomic E-state index is 0.105. The number of fused-ring (bicyclic) bond motifs is 1. The van der Waals surface area contributed by atoms with Crippen LogP contribution in [0.4, 0.5) is 5.69 Å². The molecule has 128 valence electrons. The van der Waals surface area contributed by atoms with Crippen LogP contribution in [0.2, 0.25) is 5.02 Å². The lowest BCUT2D eigenvalue weighted by Crippen LogP contribution is -2.23. The Labute approximate surface area is 153 Å². The third kappa shape index (κ3) is 4.03. The summed E-state index contributed by atoms with van der Waals surface area (Å²) in [5.74, 6) is -0.342. The number of hydrogen-bond donors (Lipinski definition) is 1. The molecule has 5 nitrogen and oxygen atoms in total. The highest BCUT2D eigenvalue weighted by Gasteiger charge is 2.19. The topological polar surface area (TPSA) is 72.2 Å². The third-order valence-electron chi connectivity index (χ3n) is 3.54. The number of ketones is 1. The zero-order valence-electron chi connectivity index (χ0n) is 13.6. The molecule has 0 unspecified atom stereocenters. The van der Waals surface area contributed by atoms with E-state index in [1.807, 2.05) is 0 Å². The summed E-state index contributed by atoms with van der Waals surface area (Å²) >= 11 is 7.13. The van der Waals surface area contributed by atoms with Crippen LogP contribution >= 0.6 is 23.4 Å². The minimum Gasteiger partial charge on any atom is -0.431 e. The van der Waals surface area contributed by atoms with Gasteiger partial charge < -0.3 is 9.73 Å². The number of carbonyl (C=O) groups excluding carboxylic acids is 2. The summed E-state index contributed by atoms with van der Waals surface area (Å²) in [5, 5.41) is 3.28. The number of thioether (sulfide) groups is 1. The van der Waals surface area contributed by atoms with E-state index in [-0.39, 0.29) is 11.7 Å². The SMILES string of the molecule is CC(=O)c1ccccc1NC(=O)[C@H](C)Sc1nc2ccc(Cl)cc2o1. The maximum absolute atomic E-state index is 12.4. The summed E-state index contributed by atoms with van der Waals surface area (Å²) < 4.78 is 5.62. The lowest BCUT2D eigenvalue weighted by atomic mass is 10.1. The van der Waals surface area contributed by atoms with Gasteiger partial charge in [-0.3, -0.25) is 9.59 Å². The van der Waals surface area contributed by atoms with Gasteiger partial charge in [-0.05, 0) is 38.1 Å². The van der Waals surface area contributed by atoms with Crippen molar-refractivity contribution in [2.75, 3.05) is 5.32 Å². The predicted molar refractivity (Wildman–Crippen MR) is 99.4 cm³/mol. The van der Waals surface area contributed by atoms with Gasteiger partial charge in [0, 0.05) is 16.7 Å². The van der Waals surface area contributed by atoms with Gasteiger partial charge in [0.1, 0.15) is 5.52 Å². The zero-order chi connectivity index (χ0) is 18.0. The number of oxazole rings is 1. The van der Waals surface area contributed by atoms with Gasteiger partial charge in [0.15, 0.2) is 11.4 Å². The first-order valence-corrected chi connectivity index (χ1v) is 8.83. The normalized spacial score (nSPS) is 12.1. The van der Waals surface area contributed by atoms with Crippen LogP contribution in [0.15, 0.2) is 52.1 Å². The molecular weight excluding hydrogens is 360 g/mol. The van der Waals surface area contributed by atoms with E-state index in [2.05, 4.69) is 10.3 Å². The molecule has 0 spiro atoms. The van der Waals surface area contributed by atoms with Crippen LogP contribution in [-0.4, -0.2) is 21.9 Å². The first-order chi connectivity index (χ1) is 11.9. The largest absolute Gasteiger partial charge is 0.431 e. The van der Waals surface area contributed by atoms with E-state index in [1.54, 1.807) is 49.4 Å². The second-order valence-electron chi connectivity index (χ2n) is 5.44. The Hall–Kier alpha value is -2.31. The first kappa shape index (κ1) is 17.5. The van der Waals surface area contributed by atoms with E-state index in [4.69, 9.17) is 16.0 Å². The molecule has 1 atom stereocenters. The molecule has 1 amide bonds. The number of amides is 1. The highest BCUT2D eigenvalue weighted by atomic mass is 35.5. The maximum Gasteiger partial charge on any atom is 0.257 e. The molecule has 25 heavy (non-hydrogen) atoms. The van der Waals surface area contributed by atoms with Crippen molar-refractivity contribution in [3.63, 3.8) is 0 Å². The second-order valence-corrected chi connectivity index (χ2v) is 7.17. The average Bonchev–Trinajstić information content (AvgIpc) is 2.96. The molecule has 1 aromatic heterocycles. The van der Waals surface area contributed by atoms with Gasteiger partial charge in [0.05, 0.1) is 10.9 Å². The van der Waals surface area contributed by atoms with E-state index >= 15 is 0 Å². The molecule has 0 saturated carbocycles. The maximum atomic E-state index is 12.4. The summed E-state index contributed by atoms with van der Waals surface area (Å²) in [7, 11) is 0. The smallest absolute Gasteiger partial charge is 0.257 e. The number of benzene rings is 2. The van der Waals surface area contributed by atoms with Gasteiger partial charge in [0.2, 0.25) is 5.91 Å². The van der Waals surface area contributed by atoms with Crippen LogP contribution in [0.1, 0.15) is 24.2 Å². The quantitative estimate of drug-likeness (QED) is 0.512. The average molecular weight is 375 g/mol. The minimum atomic E-state index is -0.455. The first-order valence-electron chi connectivity index (χ1n) is 7.57. The molecule has 0 aliphatic carbocycles. The van der Waals surface area contributed by atoms with Crippen molar-refractivity contribution in [1.82, 2.24) is 4.98 Å². The van der Waals surface area contributed by atoms with E-state index in [1.165, 1.54) is 18.7 Å².